The van der Waals surface area contributed by atoms with Crippen LogP contribution >= 0.6 is 6.04 Å². The summed E-state index contributed by atoms with van der Waals surface area (Å²) in [5, 5.41) is 23.8. The zero-order valence-electron chi connectivity index (χ0n) is 14.7. The summed E-state index contributed by atoms with van der Waals surface area (Å²) in [6.45, 7) is 6.03. The lowest BCUT2D eigenvalue weighted by Gasteiger charge is -2.27. The minimum atomic E-state index is -2.23. The van der Waals surface area contributed by atoms with Gasteiger partial charge in [0.05, 0.1) is 0 Å². The van der Waals surface area contributed by atoms with Crippen molar-refractivity contribution in [1.29, 1.82) is 0 Å². The summed E-state index contributed by atoms with van der Waals surface area (Å²) >= 11 is 6.03. The van der Waals surface area contributed by atoms with Gasteiger partial charge in [-0.3, -0.25) is 0 Å². The fourth-order valence-corrected chi connectivity index (χ4v) is 8.14. The lowest BCUT2D eigenvalue weighted by molar-refractivity contribution is 0.221. The Balaban J connectivity index is 2.04. The molecule has 2 atom stereocenters. The van der Waals surface area contributed by atoms with E-state index in [1.807, 2.05) is 81.2 Å². The second-order valence-corrected chi connectivity index (χ2v) is 11.6. The Morgan fingerprint density at radius 1 is 0.720 bits per heavy atom. The van der Waals surface area contributed by atoms with Crippen molar-refractivity contribution in [1.82, 2.24) is 0 Å². The van der Waals surface area contributed by atoms with Crippen LogP contribution in [0.2, 0.25) is 0 Å². The summed E-state index contributed by atoms with van der Waals surface area (Å²) in [4.78, 5) is 0. The molecule has 130 valence electrons. The molecule has 25 heavy (non-hydrogen) atoms. The zero-order valence-corrected chi connectivity index (χ0v) is 16.4. The summed E-state index contributed by atoms with van der Waals surface area (Å²) < 4.78 is 0. The molecule has 0 aromatic heterocycles. The van der Waals surface area contributed by atoms with Crippen molar-refractivity contribution in [2.24, 2.45) is 0 Å². The fourth-order valence-electron chi connectivity index (χ4n) is 3.62. The van der Waals surface area contributed by atoms with Gasteiger partial charge in [-0.25, -0.2) is 0 Å². The van der Waals surface area contributed by atoms with Crippen LogP contribution in [0.15, 0.2) is 82.4 Å². The zero-order chi connectivity index (χ0) is 18.2. The Hall–Kier alpha value is -1.51. The van der Waals surface area contributed by atoms with E-state index in [1.54, 1.807) is 0 Å². The van der Waals surface area contributed by atoms with Crippen molar-refractivity contribution >= 4 is 17.8 Å². The molecule has 2 aromatic carbocycles. The van der Waals surface area contributed by atoms with Crippen LogP contribution in [0.3, 0.4) is 0 Å². The Morgan fingerprint density at radius 2 is 1.04 bits per heavy atom. The Morgan fingerprint density at radius 3 is 1.36 bits per heavy atom. The molecule has 0 aliphatic carbocycles. The first-order valence-electron chi connectivity index (χ1n) is 8.32. The van der Waals surface area contributed by atoms with Crippen molar-refractivity contribution in [3.63, 3.8) is 0 Å². The predicted molar refractivity (Wildman–Crippen MR) is 108 cm³/mol. The molecule has 2 nitrogen and oxygen atoms in total. The minimum absolute atomic E-state index is 0.729. The highest BCUT2D eigenvalue weighted by Crippen LogP contribution is 2.71. The maximum absolute atomic E-state index is 11.0. The van der Waals surface area contributed by atoms with Crippen molar-refractivity contribution in [2.75, 3.05) is 6.66 Å². The average molecular weight is 370 g/mol. The summed E-state index contributed by atoms with van der Waals surface area (Å²) in [7, 11) is 0. The third kappa shape index (κ3) is 3.18. The second kappa shape index (κ2) is 7.01. The number of aliphatic hydroxyl groups is 2. The van der Waals surface area contributed by atoms with Crippen LogP contribution in [0.25, 0.3) is 0 Å². The van der Waals surface area contributed by atoms with E-state index in [9.17, 15) is 10.2 Å². The van der Waals surface area contributed by atoms with E-state index in [0.29, 0.717) is 0 Å². The average Bonchev–Trinajstić information content (AvgIpc) is 2.80. The van der Waals surface area contributed by atoms with Crippen LogP contribution in [0, 0.1) is 0 Å². The van der Waals surface area contributed by atoms with Gasteiger partial charge in [0.1, 0.15) is 12.2 Å². The Labute approximate surface area is 154 Å². The predicted octanol–water partition coefficient (Wildman–Crippen LogP) is 5.12. The van der Waals surface area contributed by atoms with E-state index in [4.69, 9.17) is 11.8 Å². The SMILES string of the molecule is CC1=C([C@H](O)c2ccccc2)P(C)(=S)C([C@H](O)c2ccccc2)=C1C. The van der Waals surface area contributed by atoms with Crippen LogP contribution in [-0.4, -0.2) is 16.9 Å². The number of aliphatic hydroxyl groups excluding tert-OH is 2. The molecule has 0 radical (unpaired) electrons. The molecule has 1 aliphatic heterocycles. The standard InChI is InChI=1S/C21H23O2PS/c1-14-15(2)21(19(23)17-12-8-5-9-13-17)24(3,25)20(14)18(22)16-10-6-4-7-11-16/h4-13,18-19,22-23H,1-3H3/t18-,19-/m1/s1. The number of allylic oxidation sites excluding steroid dienone is 2. The van der Waals surface area contributed by atoms with Crippen molar-refractivity contribution in [3.8, 4) is 0 Å². The molecular formula is C21H23O2PS. The van der Waals surface area contributed by atoms with Gasteiger partial charge in [0.15, 0.2) is 0 Å². The molecule has 4 heteroatoms. The molecule has 0 amide bonds. The van der Waals surface area contributed by atoms with Gasteiger partial charge in [-0.05, 0) is 42.8 Å². The summed E-state index contributed by atoms with van der Waals surface area (Å²) in [5.74, 6) is 0. The van der Waals surface area contributed by atoms with E-state index in [-0.39, 0.29) is 0 Å². The van der Waals surface area contributed by atoms with Gasteiger partial charge in [-0.15, -0.1) is 0 Å². The van der Waals surface area contributed by atoms with Gasteiger partial charge >= 0.3 is 0 Å². The first-order valence-corrected chi connectivity index (χ1v) is 11.6. The molecule has 3 rings (SSSR count). The quantitative estimate of drug-likeness (QED) is 0.734. The van der Waals surface area contributed by atoms with Gasteiger partial charge in [-0.2, -0.15) is 0 Å². The first-order chi connectivity index (χ1) is 11.9. The highest BCUT2D eigenvalue weighted by molar-refractivity contribution is 8.18. The molecule has 2 N–H and O–H groups in total. The van der Waals surface area contributed by atoms with Gasteiger partial charge in [0.25, 0.3) is 0 Å². The molecule has 1 heterocycles. The molecule has 0 unspecified atom stereocenters. The second-order valence-electron chi connectivity index (χ2n) is 6.57. The molecule has 1 aliphatic rings. The number of rotatable bonds is 4. The maximum Gasteiger partial charge on any atom is 0.106 e. The maximum atomic E-state index is 11.0. The molecule has 0 bridgehead atoms. The first kappa shape index (κ1) is 18.3. The number of hydrogen-bond acceptors (Lipinski definition) is 3. The van der Waals surface area contributed by atoms with Crippen LogP contribution in [0.5, 0.6) is 0 Å². The largest absolute Gasteiger partial charge is 0.384 e. The van der Waals surface area contributed by atoms with Crippen LogP contribution in [0.4, 0.5) is 0 Å². The van der Waals surface area contributed by atoms with Crippen LogP contribution in [-0.2, 0) is 11.8 Å². The molecule has 2 aromatic rings. The number of hydrogen-bond donors (Lipinski definition) is 2. The van der Waals surface area contributed by atoms with Gasteiger partial charge in [0, 0.05) is 16.7 Å². The van der Waals surface area contributed by atoms with E-state index in [1.165, 1.54) is 0 Å². The van der Waals surface area contributed by atoms with Gasteiger partial charge < -0.3 is 10.2 Å². The van der Waals surface area contributed by atoms with Crippen LogP contribution in [0.1, 0.15) is 37.2 Å². The topological polar surface area (TPSA) is 40.5 Å². The van der Waals surface area contributed by atoms with Crippen molar-refractivity contribution < 1.29 is 10.2 Å². The molecular weight excluding hydrogens is 347 g/mol. The van der Waals surface area contributed by atoms with Crippen LogP contribution < -0.4 is 0 Å². The summed E-state index contributed by atoms with van der Waals surface area (Å²) in [6, 6.07) is 17.0. The third-order valence-corrected chi connectivity index (χ3v) is 9.18. The summed E-state index contributed by atoms with van der Waals surface area (Å²) in [6.07, 6.45) is -1.46. The Kier molecular flexibility index (Phi) is 5.13. The minimum Gasteiger partial charge on any atom is -0.384 e. The molecule has 0 spiro atoms. The van der Waals surface area contributed by atoms with Gasteiger partial charge in [-0.1, -0.05) is 72.5 Å². The molecule has 0 saturated carbocycles. The smallest absolute Gasteiger partial charge is 0.106 e. The monoisotopic (exact) mass is 370 g/mol. The van der Waals surface area contributed by atoms with Crippen molar-refractivity contribution in [3.05, 3.63) is 93.6 Å². The lowest BCUT2D eigenvalue weighted by atomic mass is 10.0. The lowest BCUT2D eigenvalue weighted by Crippen LogP contribution is -2.05. The number of benzene rings is 2. The third-order valence-electron chi connectivity index (χ3n) is 5.00. The van der Waals surface area contributed by atoms with E-state index < -0.39 is 18.2 Å². The van der Waals surface area contributed by atoms with E-state index >= 15 is 0 Å². The highest BCUT2D eigenvalue weighted by Gasteiger charge is 2.39. The molecule has 0 saturated heterocycles. The summed E-state index contributed by atoms with van der Waals surface area (Å²) in [5.41, 5.74) is 3.73. The highest BCUT2D eigenvalue weighted by atomic mass is 32.4. The van der Waals surface area contributed by atoms with Crippen molar-refractivity contribution in [2.45, 2.75) is 26.1 Å². The molecule has 0 fully saturated rings. The fraction of sp³-hybridized carbons (Fsp3) is 0.238. The van der Waals surface area contributed by atoms with E-state index in [0.717, 1.165) is 32.9 Å². The van der Waals surface area contributed by atoms with E-state index in [2.05, 4.69) is 0 Å². The normalized spacial score (nSPS) is 19.2. The Bertz CT molecular complexity index is 813. The van der Waals surface area contributed by atoms with Gasteiger partial charge in [0.2, 0.25) is 0 Å².